The highest BCUT2D eigenvalue weighted by Gasteiger charge is 2.11. The van der Waals surface area contributed by atoms with Gasteiger partial charge in [0.15, 0.2) is 6.29 Å². The first-order chi connectivity index (χ1) is 5.66. The van der Waals surface area contributed by atoms with Crippen LogP contribution in [0.3, 0.4) is 0 Å². The van der Waals surface area contributed by atoms with Crippen molar-refractivity contribution in [3.8, 4) is 0 Å². The fourth-order valence-electron chi connectivity index (χ4n) is 0.707. The Morgan fingerprint density at radius 3 is 2.83 bits per heavy atom. The van der Waals surface area contributed by atoms with E-state index < -0.39 is 5.97 Å². The second kappa shape index (κ2) is 3.32. The summed E-state index contributed by atoms with van der Waals surface area (Å²) in [6, 6.07) is 1.23. The van der Waals surface area contributed by atoms with Crippen LogP contribution in [0, 0.1) is 0 Å². The van der Waals surface area contributed by atoms with Crippen molar-refractivity contribution >= 4 is 23.9 Å². The quantitative estimate of drug-likeness (QED) is 0.704. The van der Waals surface area contributed by atoms with Crippen LogP contribution in [-0.4, -0.2) is 22.3 Å². The van der Waals surface area contributed by atoms with Gasteiger partial charge in [0.05, 0.1) is 10.6 Å². The SMILES string of the molecule is O=Cc1nccc(C(=O)O)c1Cl. The first-order valence-corrected chi connectivity index (χ1v) is 3.37. The van der Waals surface area contributed by atoms with Crippen LogP contribution in [-0.2, 0) is 0 Å². The Hall–Kier alpha value is -1.42. The maximum Gasteiger partial charge on any atom is 0.337 e. The van der Waals surface area contributed by atoms with Crippen molar-refractivity contribution in [1.82, 2.24) is 4.98 Å². The van der Waals surface area contributed by atoms with Crippen molar-refractivity contribution in [3.63, 3.8) is 0 Å². The molecule has 0 saturated carbocycles. The van der Waals surface area contributed by atoms with Crippen LogP contribution in [0.5, 0.6) is 0 Å². The van der Waals surface area contributed by atoms with Crippen LogP contribution in [0.25, 0.3) is 0 Å². The van der Waals surface area contributed by atoms with Gasteiger partial charge in [-0.25, -0.2) is 4.79 Å². The van der Waals surface area contributed by atoms with Crippen LogP contribution >= 0.6 is 11.6 Å². The number of pyridine rings is 1. The second-order valence-electron chi connectivity index (χ2n) is 1.98. The number of carbonyl (C=O) groups excluding carboxylic acids is 1. The Morgan fingerprint density at radius 1 is 1.67 bits per heavy atom. The van der Waals surface area contributed by atoms with E-state index in [1.807, 2.05) is 0 Å². The number of carboxylic acid groups (broad SMARTS) is 1. The third-order valence-electron chi connectivity index (χ3n) is 1.26. The summed E-state index contributed by atoms with van der Waals surface area (Å²) in [5.41, 5.74) is -0.176. The lowest BCUT2D eigenvalue weighted by molar-refractivity contribution is 0.0697. The van der Waals surface area contributed by atoms with Gasteiger partial charge in [-0.05, 0) is 6.07 Å². The maximum absolute atomic E-state index is 10.5. The number of nitrogens with zero attached hydrogens (tertiary/aromatic N) is 1. The van der Waals surface area contributed by atoms with Crippen LogP contribution in [0.15, 0.2) is 12.3 Å². The number of aldehydes is 1. The molecular weight excluding hydrogens is 182 g/mol. The number of carbonyl (C=O) groups is 2. The van der Waals surface area contributed by atoms with Crippen LogP contribution in [0.4, 0.5) is 0 Å². The van der Waals surface area contributed by atoms with E-state index >= 15 is 0 Å². The maximum atomic E-state index is 10.5. The molecule has 1 rings (SSSR count). The number of aromatic nitrogens is 1. The predicted molar refractivity (Wildman–Crippen MR) is 41.6 cm³/mol. The molecule has 12 heavy (non-hydrogen) atoms. The van der Waals surface area contributed by atoms with Gasteiger partial charge in [-0.15, -0.1) is 0 Å². The summed E-state index contributed by atoms with van der Waals surface area (Å²) < 4.78 is 0. The molecule has 0 aromatic carbocycles. The smallest absolute Gasteiger partial charge is 0.337 e. The summed E-state index contributed by atoms with van der Waals surface area (Å²) in [7, 11) is 0. The molecule has 1 heterocycles. The summed E-state index contributed by atoms with van der Waals surface area (Å²) in [5, 5.41) is 8.43. The van der Waals surface area contributed by atoms with Gasteiger partial charge in [-0.3, -0.25) is 9.78 Å². The van der Waals surface area contributed by atoms with Gasteiger partial charge < -0.3 is 5.11 Å². The lowest BCUT2D eigenvalue weighted by Crippen LogP contribution is -2.00. The molecule has 5 heteroatoms. The van der Waals surface area contributed by atoms with E-state index in [-0.39, 0.29) is 16.3 Å². The number of rotatable bonds is 2. The number of hydrogen-bond donors (Lipinski definition) is 1. The molecule has 0 aliphatic heterocycles. The Morgan fingerprint density at radius 2 is 2.33 bits per heavy atom. The largest absolute Gasteiger partial charge is 0.478 e. The molecule has 0 atom stereocenters. The third kappa shape index (κ3) is 1.43. The zero-order valence-electron chi connectivity index (χ0n) is 5.82. The highest BCUT2D eigenvalue weighted by Crippen LogP contribution is 2.17. The fraction of sp³-hybridized carbons (Fsp3) is 0. The van der Waals surface area contributed by atoms with Crippen molar-refractivity contribution in [2.45, 2.75) is 0 Å². The molecule has 0 unspecified atom stereocenters. The Labute approximate surface area is 72.8 Å². The zero-order chi connectivity index (χ0) is 9.14. The highest BCUT2D eigenvalue weighted by atomic mass is 35.5. The molecule has 0 saturated heterocycles. The summed E-state index contributed by atoms with van der Waals surface area (Å²) in [5.74, 6) is -1.18. The average Bonchev–Trinajstić information content (AvgIpc) is 2.04. The van der Waals surface area contributed by atoms with E-state index in [2.05, 4.69) is 4.98 Å². The minimum atomic E-state index is -1.18. The number of halogens is 1. The molecule has 0 radical (unpaired) electrons. The molecule has 1 N–H and O–H groups in total. The molecule has 1 aromatic rings. The molecule has 0 amide bonds. The van der Waals surface area contributed by atoms with Crippen molar-refractivity contribution in [2.24, 2.45) is 0 Å². The fourth-order valence-corrected chi connectivity index (χ4v) is 0.944. The van der Waals surface area contributed by atoms with Crippen molar-refractivity contribution in [3.05, 3.63) is 28.5 Å². The van der Waals surface area contributed by atoms with Crippen LogP contribution in [0.1, 0.15) is 20.8 Å². The Kier molecular flexibility index (Phi) is 2.40. The van der Waals surface area contributed by atoms with Crippen molar-refractivity contribution in [2.75, 3.05) is 0 Å². The van der Waals surface area contributed by atoms with E-state index in [1.54, 1.807) is 0 Å². The predicted octanol–water partition coefficient (Wildman–Crippen LogP) is 1.25. The molecule has 4 nitrogen and oxygen atoms in total. The Balaban J connectivity index is 3.32. The molecule has 0 aliphatic rings. The van der Waals surface area contributed by atoms with E-state index in [4.69, 9.17) is 16.7 Å². The van der Waals surface area contributed by atoms with Gasteiger partial charge in [0.25, 0.3) is 0 Å². The van der Waals surface area contributed by atoms with E-state index in [9.17, 15) is 9.59 Å². The summed E-state index contributed by atoms with van der Waals surface area (Å²) >= 11 is 5.53. The lowest BCUT2D eigenvalue weighted by Gasteiger charge is -1.98. The summed E-state index contributed by atoms with van der Waals surface area (Å²) in [4.78, 5) is 24.3. The van der Waals surface area contributed by atoms with Gasteiger partial charge >= 0.3 is 5.97 Å². The normalized spacial score (nSPS) is 9.42. The van der Waals surface area contributed by atoms with E-state index in [1.165, 1.54) is 12.3 Å². The van der Waals surface area contributed by atoms with E-state index in [0.29, 0.717) is 6.29 Å². The van der Waals surface area contributed by atoms with Gasteiger partial charge in [0, 0.05) is 6.20 Å². The van der Waals surface area contributed by atoms with Crippen LogP contribution < -0.4 is 0 Å². The lowest BCUT2D eigenvalue weighted by atomic mass is 10.2. The minimum absolute atomic E-state index is 0.0587. The monoisotopic (exact) mass is 185 g/mol. The summed E-state index contributed by atoms with van der Waals surface area (Å²) in [6.07, 6.45) is 1.63. The zero-order valence-corrected chi connectivity index (χ0v) is 6.58. The van der Waals surface area contributed by atoms with Crippen LogP contribution in [0.2, 0.25) is 5.02 Å². The highest BCUT2D eigenvalue weighted by molar-refractivity contribution is 6.35. The Bertz CT molecular complexity index is 337. The van der Waals surface area contributed by atoms with Gasteiger partial charge in [-0.1, -0.05) is 11.6 Å². The second-order valence-corrected chi connectivity index (χ2v) is 2.36. The molecule has 0 spiro atoms. The van der Waals surface area contributed by atoms with Crippen molar-refractivity contribution in [1.29, 1.82) is 0 Å². The molecule has 1 aromatic heterocycles. The molecular formula is C7H4ClNO3. The first kappa shape index (κ1) is 8.67. The topological polar surface area (TPSA) is 67.3 Å². The van der Waals surface area contributed by atoms with Crippen molar-refractivity contribution < 1.29 is 14.7 Å². The van der Waals surface area contributed by atoms with Gasteiger partial charge in [-0.2, -0.15) is 0 Å². The number of carboxylic acids is 1. The minimum Gasteiger partial charge on any atom is -0.478 e. The number of aromatic carboxylic acids is 1. The van der Waals surface area contributed by atoms with E-state index in [0.717, 1.165) is 0 Å². The van der Waals surface area contributed by atoms with Gasteiger partial charge in [0.1, 0.15) is 5.69 Å². The molecule has 62 valence electrons. The third-order valence-corrected chi connectivity index (χ3v) is 1.66. The standard InChI is InChI=1S/C7H4ClNO3/c8-6-4(7(11)12)1-2-9-5(6)3-10/h1-3H,(H,11,12). The molecule has 0 bridgehead atoms. The number of hydrogen-bond acceptors (Lipinski definition) is 3. The average molecular weight is 186 g/mol. The van der Waals surface area contributed by atoms with Gasteiger partial charge in [0.2, 0.25) is 0 Å². The summed E-state index contributed by atoms with van der Waals surface area (Å²) in [6.45, 7) is 0. The first-order valence-electron chi connectivity index (χ1n) is 2.99. The molecule has 0 fully saturated rings. The molecule has 0 aliphatic carbocycles.